The molecule has 0 aliphatic rings. The molecule has 0 unspecified atom stereocenters. The Hall–Kier alpha value is -4.02. The number of para-hydroxylation sites is 1. The van der Waals surface area contributed by atoms with E-state index in [0.29, 0.717) is 6.61 Å². The van der Waals surface area contributed by atoms with Crippen LogP contribution in [0.3, 0.4) is 0 Å². The summed E-state index contributed by atoms with van der Waals surface area (Å²) in [5.74, 6) is 0.867. The third-order valence-electron chi connectivity index (χ3n) is 5.98. The van der Waals surface area contributed by atoms with Crippen LogP contribution in [0.4, 0.5) is 5.69 Å². The molecule has 5 rings (SSSR count). The minimum Gasteiger partial charge on any atom is -0.494 e. The first-order valence-electron chi connectivity index (χ1n) is 12.1. The standard InChI is InChI=1S/C32H28N2OS/c1-3-35-28-20-18-27(19-21-28)34-30(24-12-6-4-7-13-24)22-26(32(34)25-14-8-5-9-15-25)23-33-29-16-10-11-17-31(29)36-2/h4-23H,3H2,1-2H3. The summed E-state index contributed by atoms with van der Waals surface area (Å²) in [4.78, 5) is 6.09. The van der Waals surface area contributed by atoms with E-state index in [0.717, 1.165) is 50.1 Å². The van der Waals surface area contributed by atoms with Crippen LogP contribution in [-0.4, -0.2) is 23.6 Å². The molecule has 0 aliphatic carbocycles. The number of aromatic nitrogens is 1. The van der Waals surface area contributed by atoms with Gasteiger partial charge >= 0.3 is 0 Å². The smallest absolute Gasteiger partial charge is 0.119 e. The van der Waals surface area contributed by atoms with Crippen molar-refractivity contribution in [3.8, 4) is 34.0 Å². The summed E-state index contributed by atoms with van der Waals surface area (Å²) >= 11 is 1.71. The summed E-state index contributed by atoms with van der Waals surface area (Å²) in [5.41, 5.74) is 7.59. The van der Waals surface area contributed by atoms with E-state index in [1.807, 2.05) is 43.5 Å². The molecule has 0 atom stereocenters. The molecule has 1 aromatic heterocycles. The normalized spacial score (nSPS) is 11.2. The van der Waals surface area contributed by atoms with E-state index in [2.05, 4.69) is 95.8 Å². The van der Waals surface area contributed by atoms with Crippen molar-refractivity contribution in [1.29, 1.82) is 0 Å². The monoisotopic (exact) mass is 488 g/mol. The van der Waals surface area contributed by atoms with Gasteiger partial charge in [0.05, 0.1) is 23.7 Å². The van der Waals surface area contributed by atoms with Gasteiger partial charge in [0, 0.05) is 22.4 Å². The van der Waals surface area contributed by atoms with Crippen molar-refractivity contribution in [3.05, 3.63) is 121 Å². The van der Waals surface area contributed by atoms with E-state index < -0.39 is 0 Å². The number of ether oxygens (including phenoxy) is 1. The van der Waals surface area contributed by atoms with Crippen molar-refractivity contribution >= 4 is 23.7 Å². The largest absolute Gasteiger partial charge is 0.494 e. The fraction of sp³-hybridized carbons (Fsp3) is 0.0938. The van der Waals surface area contributed by atoms with Gasteiger partial charge in [-0.15, -0.1) is 11.8 Å². The van der Waals surface area contributed by atoms with E-state index in [9.17, 15) is 0 Å². The first kappa shape index (κ1) is 23.7. The number of aliphatic imine (C=N–C) groups is 1. The lowest BCUT2D eigenvalue weighted by Crippen LogP contribution is -2.01. The molecule has 5 aromatic rings. The van der Waals surface area contributed by atoms with Gasteiger partial charge in [-0.1, -0.05) is 72.8 Å². The molecule has 0 spiro atoms. The summed E-state index contributed by atoms with van der Waals surface area (Å²) in [7, 11) is 0. The summed E-state index contributed by atoms with van der Waals surface area (Å²) in [6.07, 6.45) is 4.08. The molecule has 0 bridgehead atoms. The highest BCUT2D eigenvalue weighted by atomic mass is 32.2. The van der Waals surface area contributed by atoms with Crippen LogP contribution in [0.5, 0.6) is 5.75 Å². The number of nitrogens with zero attached hydrogens (tertiary/aromatic N) is 2. The second-order valence-electron chi connectivity index (χ2n) is 8.26. The third-order valence-corrected chi connectivity index (χ3v) is 6.77. The molecule has 0 radical (unpaired) electrons. The molecule has 1 heterocycles. The molecule has 0 saturated carbocycles. The van der Waals surface area contributed by atoms with Crippen molar-refractivity contribution in [1.82, 2.24) is 4.57 Å². The van der Waals surface area contributed by atoms with Gasteiger partial charge in [-0.25, -0.2) is 0 Å². The average Bonchev–Trinajstić information content (AvgIpc) is 3.33. The molecular weight excluding hydrogens is 460 g/mol. The number of hydrogen-bond acceptors (Lipinski definition) is 3. The Kier molecular flexibility index (Phi) is 7.34. The minimum atomic E-state index is 0.644. The number of hydrogen-bond donors (Lipinski definition) is 0. The Morgan fingerprint density at radius 1 is 0.778 bits per heavy atom. The summed E-state index contributed by atoms with van der Waals surface area (Å²) < 4.78 is 8.03. The average molecular weight is 489 g/mol. The van der Waals surface area contributed by atoms with Crippen molar-refractivity contribution in [2.24, 2.45) is 4.99 Å². The molecule has 0 fully saturated rings. The Bertz CT molecular complexity index is 1460. The predicted octanol–water partition coefficient (Wildman–Crippen LogP) is 8.68. The lowest BCUT2D eigenvalue weighted by molar-refractivity contribution is 0.340. The van der Waals surface area contributed by atoms with Crippen LogP contribution < -0.4 is 4.74 Å². The van der Waals surface area contributed by atoms with Crippen molar-refractivity contribution in [2.75, 3.05) is 12.9 Å². The minimum absolute atomic E-state index is 0.644. The highest BCUT2D eigenvalue weighted by Crippen LogP contribution is 2.36. The van der Waals surface area contributed by atoms with Crippen LogP contribution in [-0.2, 0) is 0 Å². The first-order valence-corrected chi connectivity index (χ1v) is 13.3. The van der Waals surface area contributed by atoms with Gasteiger partial charge < -0.3 is 9.30 Å². The molecular formula is C32H28N2OS. The molecule has 36 heavy (non-hydrogen) atoms. The Labute approximate surface area is 217 Å². The maximum Gasteiger partial charge on any atom is 0.119 e. The first-order chi connectivity index (χ1) is 17.8. The van der Waals surface area contributed by atoms with Gasteiger partial charge in [0.1, 0.15) is 5.75 Å². The Morgan fingerprint density at radius 2 is 1.42 bits per heavy atom. The van der Waals surface area contributed by atoms with E-state index in [1.54, 1.807) is 11.8 Å². The van der Waals surface area contributed by atoms with Crippen molar-refractivity contribution in [3.63, 3.8) is 0 Å². The SMILES string of the molecule is CCOc1ccc(-n2c(-c3ccccc3)cc(C=Nc3ccccc3SC)c2-c2ccccc2)cc1. The summed E-state index contributed by atoms with van der Waals surface area (Å²) in [6.45, 7) is 2.65. The molecule has 0 N–H and O–H groups in total. The van der Waals surface area contributed by atoms with Crippen LogP contribution in [0.25, 0.3) is 28.2 Å². The van der Waals surface area contributed by atoms with Crippen LogP contribution in [0.2, 0.25) is 0 Å². The molecule has 178 valence electrons. The highest BCUT2D eigenvalue weighted by Gasteiger charge is 2.19. The zero-order valence-corrected chi connectivity index (χ0v) is 21.3. The summed E-state index contributed by atoms with van der Waals surface area (Å²) in [5, 5.41) is 0. The van der Waals surface area contributed by atoms with Crippen LogP contribution in [0.15, 0.2) is 125 Å². The van der Waals surface area contributed by atoms with Crippen LogP contribution in [0, 0.1) is 0 Å². The van der Waals surface area contributed by atoms with Gasteiger partial charge in [0.15, 0.2) is 0 Å². The zero-order valence-electron chi connectivity index (χ0n) is 20.5. The van der Waals surface area contributed by atoms with Crippen LogP contribution >= 0.6 is 11.8 Å². The molecule has 3 nitrogen and oxygen atoms in total. The van der Waals surface area contributed by atoms with E-state index in [-0.39, 0.29) is 0 Å². The van der Waals surface area contributed by atoms with Gasteiger partial charge in [0.2, 0.25) is 0 Å². The molecule has 4 aromatic carbocycles. The fourth-order valence-electron chi connectivity index (χ4n) is 4.34. The highest BCUT2D eigenvalue weighted by molar-refractivity contribution is 7.98. The van der Waals surface area contributed by atoms with E-state index in [4.69, 9.17) is 9.73 Å². The van der Waals surface area contributed by atoms with Gasteiger partial charge in [-0.05, 0) is 66.8 Å². The molecule has 0 saturated heterocycles. The topological polar surface area (TPSA) is 26.5 Å². The molecule has 4 heteroatoms. The maximum atomic E-state index is 5.71. The van der Waals surface area contributed by atoms with Gasteiger partial charge in [-0.2, -0.15) is 0 Å². The van der Waals surface area contributed by atoms with Gasteiger partial charge in [-0.3, -0.25) is 4.99 Å². The summed E-state index contributed by atoms with van der Waals surface area (Å²) in [6, 6.07) is 39.8. The lowest BCUT2D eigenvalue weighted by atomic mass is 10.1. The Balaban J connectivity index is 1.74. The number of benzene rings is 4. The predicted molar refractivity (Wildman–Crippen MR) is 153 cm³/mol. The second kappa shape index (κ2) is 11.1. The third kappa shape index (κ3) is 5.00. The Morgan fingerprint density at radius 3 is 2.08 bits per heavy atom. The van der Waals surface area contributed by atoms with Crippen molar-refractivity contribution in [2.45, 2.75) is 11.8 Å². The molecule has 0 amide bonds. The van der Waals surface area contributed by atoms with Gasteiger partial charge in [0.25, 0.3) is 0 Å². The maximum absolute atomic E-state index is 5.71. The second-order valence-corrected chi connectivity index (χ2v) is 9.11. The molecule has 0 aliphatic heterocycles. The van der Waals surface area contributed by atoms with Crippen LogP contribution in [0.1, 0.15) is 12.5 Å². The van der Waals surface area contributed by atoms with E-state index >= 15 is 0 Å². The van der Waals surface area contributed by atoms with E-state index in [1.165, 1.54) is 0 Å². The quantitative estimate of drug-likeness (QED) is 0.161. The lowest BCUT2D eigenvalue weighted by Gasteiger charge is -2.15. The number of rotatable bonds is 8. The fourth-order valence-corrected chi connectivity index (χ4v) is 4.89. The zero-order chi connectivity index (χ0) is 24.7. The number of thioether (sulfide) groups is 1. The van der Waals surface area contributed by atoms with Crippen molar-refractivity contribution < 1.29 is 4.74 Å².